The lowest BCUT2D eigenvalue weighted by Crippen LogP contribution is -2.28. The maximum atomic E-state index is 5.73. The molecule has 2 N–H and O–H groups in total. The minimum absolute atomic E-state index is 0.0205. The predicted molar refractivity (Wildman–Crippen MR) is 62.1 cm³/mol. The van der Waals surface area contributed by atoms with Gasteiger partial charge in [0, 0.05) is 23.9 Å². The zero-order valence-electron chi connectivity index (χ0n) is 9.32. The van der Waals surface area contributed by atoms with Gasteiger partial charge >= 0.3 is 0 Å². The van der Waals surface area contributed by atoms with E-state index >= 15 is 0 Å². The van der Waals surface area contributed by atoms with Crippen molar-refractivity contribution in [3.63, 3.8) is 0 Å². The van der Waals surface area contributed by atoms with Gasteiger partial charge in [0.1, 0.15) is 11.1 Å². The van der Waals surface area contributed by atoms with Crippen LogP contribution in [0.1, 0.15) is 43.5 Å². The molecule has 0 saturated carbocycles. The van der Waals surface area contributed by atoms with Crippen molar-refractivity contribution in [3.8, 4) is 0 Å². The van der Waals surface area contributed by atoms with Crippen LogP contribution in [0.3, 0.4) is 0 Å². The topological polar surface area (TPSA) is 48.1 Å². The van der Waals surface area contributed by atoms with Crippen LogP contribution in [-0.2, 0) is 10.2 Å². The van der Waals surface area contributed by atoms with Crippen LogP contribution in [0.5, 0.6) is 0 Å². The summed E-state index contributed by atoms with van der Waals surface area (Å²) in [6.45, 7) is 5.75. The van der Waals surface area contributed by atoms with Crippen LogP contribution in [0.4, 0.5) is 0 Å². The second kappa shape index (κ2) is 4.20. The fraction of sp³-hybridized carbons (Fsp3) is 0.727. The quantitative estimate of drug-likeness (QED) is 0.859. The van der Waals surface area contributed by atoms with Gasteiger partial charge in [0.05, 0.1) is 5.69 Å². The van der Waals surface area contributed by atoms with Gasteiger partial charge in [-0.1, -0.05) is 13.8 Å². The summed E-state index contributed by atoms with van der Waals surface area (Å²) in [5.74, 6) is 0. The molecule has 1 unspecified atom stereocenters. The van der Waals surface area contributed by atoms with E-state index in [1.54, 1.807) is 11.3 Å². The maximum absolute atomic E-state index is 5.73. The van der Waals surface area contributed by atoms with E-state index in [-0.39, 0.29) is 11.5 Å². The Balaban J connectivity index is 2.16. The number of ether oxygens (including phenoxy) is 1. The van der Waals surface area contributed by atoms with Crippen LogP contribution in [-0.4, -0.2) is 18.1 Å². The monoisotopic (exact) mass is 226 g/mol. The Kier molecular flexibility index (Phi) is 3.09. The van der Waals surface area contributed by atoms with Crippen molar-refractivity contribution in [2.75, 3.05) is 13.2 Å². The van der Waals surface area contributed by atoms with Crippen molar-refractivity contribution in [3.05, 3.63) is 16.1 Å². The Morgan fingerprint density at radius 3 is 3.07 bits per heavy atom. The Bertz CT molecular complexity index is 329. The normalized spacial score (nSPS) is 22.2. The van der Waals surface area contributed by atoms with Gasteiger partial charge in [-0.3, -0.25) is 0 Å². The molecule has 0 spiro atoms. The van der Waals surface area contributed by atoms with Gasteiger partial charge in [0.25, 0.3) is 0 Å². The number of hydrogen-bond donors (Lipinski definition) is 1. The van der Waals surface area contributed by atoms with Crippen molar-refractivity contribution in [2.24, 2.45) is 5.73 Å². The number of nitrogens with zero attached hydrogens (tertiary/aromatic N) is 1. The molecule has 0 bridgehead atoms. The molecule has 1 aromatic heterocycles. The minimum atomic E-state index is -0.0205. The molecule has 15 heavy (non-hydrogen) atoms. The first-order chi connectivity index (χ1) is 7.13. The maximum Gasteiger partial charge on any atom is 0.122 e. The fourth-order valence-electron chi connectivity index (χ4n) is 1.62. The lowest BCUT2D eigenvalue weighted by Gasteiger charge is -2.19. The smallest absolute Gasteiger partial charge is 0.122 e. The summed E-state index contributed by atoms with van der Waals surface area (Å²) in [5.41, 5.74) is 6.81. The van der Waals surface area contributed by atoms with Crippen molar-refractivity contribution in [1.29, 1.82) is 0 Å². The number of rotatable bonds is 3. The number of aromatic nitrogens is 1. The van der Waals surface area contributed by atoms with Gasteiger partial charge in [0.15, 0.2) is 0 Å². The fourth-order valence-corrected chi connectivity index (χ4v) is 2.72. The second-order valence-electron chi connectivity index (χ2n) is 4.66. The van der Waals surface area contributed by atoms with Crippen LogP contribution in [0, 0.1) is 0 Å². The molecule has 0 aliphatic carbocycles. The Morgan fingerprint density at radius 1 is 1.67 bits per heavy atom. The average Bonchev–Trinajstić information content (AvgIpc) is 2.88. The van der Waals surface area contributed by atoms with E-state index in [2.05, 4.69) is 24.2 Å². The summed E-state index contributed by atoms with van der Waals surface area (Å²) in [4.78, 5) is 4.65. The summed E-state index contributed by atoms with van der Waals surface area (Å²) in [5, 5.41) is 3.23. The van der Waals surface area contributed by atoms with Crippen molar-refractivity contribution in [1.82, 2.24) is 4.98 Å². The standard InChI is InChI=1S/C11H18N2OS/c1-11(2,7-12)9-6-15-10(13-9)8-4-3-5-14-8/h6,8H,3-5,7,12H2,1-2H3. The first-order valence-electron chi connectivity index (χ1n) is 5.41. The molecule has 3 nitrogen and oxygen atoms in total. The molecule has 0 radical (unpaired) electrons. The van der Waals surface area contributed by atoms with Crippen LogP contribution < -0.4 is 5.73 Å². The lowest BCUT2D eigenvalue weighted by molar-refractivity contribution is 0.111. The summed E-state index contributed by atoms with van der Waals surface area (Å²) in [7, 11) is 0. The van der Waals surface area contributed by atoms with Gasteiger partial charge < -0.3 is 10.5 Å². The average molecular weight is 226 g/mol. The largest absolute Gasteiger partial charge is 0.371 e. The third-order valence-corrected chi connectivity index (χ3v) is 3.87. The molecule has 1 fully saturated rings. The van der Waals surface area contributed by atoms with Gasteiger partial charge in [-0.05, 0) is 12.8 Å². The zero-order chi connectivity index (χ0) is 10.9. The van der Waals surface area contributed by atoms with Gasteiger partial charge in [-0.25, -0.2) is 4.98 Å². The van der Waals surface area contributed by atoms with Crippen LogP contribution in [0.25, 0.3) is 0 Å². The molecule has 4 heteroatoms. The third kappa shape index (κ3) is 2.22. The summed E-state index contributed by atoms with van der Waals surface area (Å²) < 4.78 is 5.62. The van der Waals surface area contributed by atoms with E-state index in [4.69, 9.17) is 10.5 Å². The SMILES string of the molecule is CC(C)(CN)c1csc(C2CCCO2)n1. The summed E-state index contributed by atoms with van der Waals surface area (Å²) >= 11 is 1.70. The second-order valence-corrected chi connectivity index (χ2v) is 5.55. The lowest BCUT2D eigenvalue weighted by atomic mass is 9.90. The Hall–Kier alpha value is -0.450. The van der Waals surface area contributed by atoms with Crippen molar-refractivity contribution in [2.45, 2.75) is 38.2 Å². The highest BCUT2D eigenvalue weighted by Crippen LogP contribution is 2.33. The number of nitrogens with two attached hydrogens (primary N) is 1. The van der Waals surface area contributed by atoms with E-state index < -0.39 is 0 Å². The molecule has 2 rings (SSSR count). The molecule has 1 aromatic rings. The highest BCUT2D eigenvalue weighted by Gasteiger charge is 2.26. The molecule has 0 amide bonds. The van der Waals surface area contributed by atoms with Crippen molar-refractivity contribution < 1.29 is 4.74 Å². The molecular weight excluding hydrogens is 208 g/mol. The molecule has 1 aliphatic heterocycles. The Labute approximate surface area is 94.7 Å². The number of thiazole rings is 1. The van der Waals surface area contributed by atoms with E-state index in [0.29, 0.717) is 6.54 Å². The van der Waals surface area contributed by atoms with E-state index in [1.807, 2.05) is 0 Å². The van der Waals surface area contributed by atoms with E-state index in [1.165, 1.54) is 0 Å². The van der Waals surface area contributed by atoms with Crippen molar-refractivity contribution >= 4 is 11.3 Å². The van der Waals surface area contributed by atoms with Gasteiger partial charge in [0.2, 0.25) is 0 Å². The highest BCUT2D eigenvalue weighted by atomic mass is 32.1. The predicted octanol–water partition coefficient (Wildman–Crippen LogP) is 2.23. The van der Waals surface area contributed by atoms with Crippen LogP contribution in [0.15, 0.2) is 5.38 Å². The van der Waals surface area contributed by atoms with Crippen LogP contribution >= 0.6 is 11.3 Å². The van der Waals surface area contributed by atoms with Gasteiger partial charge in [-0.2, -0.15) is 0 Å². The first-order valence-corrected chi connectivity index (χ1v) is 6.29. The minimum Gasteiger partial charge on any atom is -0.371 e. The molecule has 1 aliphatic rings. The highest BCUT2D eigenvalue weighted by molar-refractivity contribution is 7.09. The zero-order valence-corrected chi connectivity index (χ0v) is 10.1. The molecule has 0 aromatic carbocycles. The Morgan fingerprint density at radius 2 is 2.47 bits per heavy atom. The third-order valence-electron chi connectivity index (χ3n) is 2.93. The van der Waals surface area contributed by atoms with E-state index in [0.717, 1.165) is 30.2 Å². The molecule has 2 heterocycles. The van der Waals surface area contributed by atoms with Gasteiger partial charge in [-0.15, -0.1) is 11.3 Å². The molecule has 84 valence electrons. The molecule has 1 saturated heterocycles. The summed E-state index contributed by atoms with van der Waals surface area (Å²) in [6.07, 6.45) is 2.49. The molecular formula is C11H18N2OS. The molecule has 1 atom stereocenters. The first kappa shape index (κ1) is 11.0. The van der Waals surface area contributed by atoms with E-state index in [9.17, 15) is 0 Å². The number of hydrogen-bond acceptors (Lipinski definition) is 4. The summed E-state index contributed by atoms with van der Waals surface area (Å²) in [6, 6.07) is 0. The van der Waals surface area contributed by atoms with Crippen LogP contribution in [0.2, 0.25) is 0 Å².